The molecule has 19 heavy (non-hydrogen) atoms. The van der Waals surface area contributed by atoms with E-state index in [0.717, 1.165) is 5.56 Å². The van der Waals surface area contributed by atoms with E-state index in [2.05, 4.69) is 5.32 Å². The number of rotatable bonds is 3. The molecule has 1 fully saturated rings. The molecule has 0 aromatic heterocycles. The first-order chi connectivity index (χ1) is 9.08. The normalized spacial score (nSPS) is 20.1. The predicted molar refractivity (Wildman–Crippen MR) is 70.7 cm³/mol. The summed E-state index contributed by atoms with van der Waals surface area (Å²) < 4.78 is 0. The summed E-state index contributed by atoms with van der Waals surface area (Å²) >= 11 is 0. The quantitative estimate of drug-likeness (QED) is 0.873. The Bertz CT molecular complexity index is 461. The van der Waals surface area contributed by atoms with Crippen LogP contribution in [0.2, 0.25) is 0 Å². The number of carboxylic acid groups (broad SMARTS) is 1. The number of carbonyl (C=O) groups excluding carboxylic acids is 1. The molecule has 0 saturated carbocycles. The number of likely N-dealkylation sites (tertiary alicyclic amines) is 1. The van der Waals surface area contributed by atoms with Gasteiger partial charge in [-0.3, -0.25) is 4.79 Å². The summed E-state index contributed by atoms with van der Waals surface area (Å²) in [5.74, 6) is -1.26. The van der Waals surface area contributed by atoms with Gasteiger partial charge in [-0.05, 0) is 18.9 Å². The summed E-state index contributed by atoms with van der Waals surface area (Å²) in [5.41, 5.74) is 1.03. The van der Waals surface area contributed by atoms with Crippen molar-refractivity contribution in [3.05, 3.63) is 35.9 Å². The molecule has 0 spiro atoms. The van der Waals surface area contributed by atoms with E-state index >= 15 is 0 Å². The highest BCUT2D eigenvalue weighted by molar-refractivity contribution is 5.77. The summed E-state index contributed by atoms with van der Waals surface area (Å²) in [7, 11) is 0. The second kappa shape index (κ2) is 5.73. The Morgan fingerprint density at radius 1 is 1.37 bits per heavy atom. The van der Waals surface area contributed by atoms with Crippen molar-refractivity contribution >= 4 is 12.0 Å². The van der Waals surface area contributed by atoms with Gasteiger partial charge in [0.05, 0.1) is 12.0 Å². The molecule has 0 bridgehead atoms. The number of urea groups is 1. The maximum atomic E-state index is 12.0. The fourth-order valence-electron chi connectivity index (χ4n) is 2.25. The van der Waals surface area contributed by atoms with Gasteiger partial charge in [-0.15, -0.1) is 0 Å². The van der Waals surface area contributed by atoms with Crippen LogP contribution in [-0.2, 0) is 4.79 Å². The molecule has 0 aliphatic carbocycles. The third-order valence-electron chi connectivity index (χ3n) is 3.46. The Morgan fingerprint density at radius 3 is 2.63 bits per heavy atom. The number of carboxylic acids is 1. The largest absolute Gasteiger partial charge is 0.481 e. The van der Waals surface area contributed by atoms with Crippen LogP contribution in [0.3, 0.4) is 0 Å². The monoisotopic (exact) mass is 262 g/mol. The van der Waals surface area contributed by atoms with Crippen LogP contribution < -0.4 is 5.32 Å². The molecule has 2 amide bonds. The molecule has 1 aromatic rings. The maximum Gasteiger partial charge on any atom is 0.317 e. The van der Waals surface area contributed by atoms with Crippen molar-refractivity contribution < 1.29 is 14.7 Å². The summed E-state index contributed by atoms with van der Waals surface area (Å²) in [5, 5.41) is 11.8. The number of benzene rings is 1. The highest BCUT2D eigenvalue weighted by atomic mass is 16.4. The molecule has 2 N–H and O–H groups in total. The van der Waals surface area contributed by atoms with Gasteiger partial charge in [-0.1, -0.05) is 30.3 Å². The van der Waals surface area contributed by atoms with Crippen LogP contribution in [0.25, 0.3) is 0 Å². The van der Waals surface area contributed by atoms with Crippen molar-refractivity contribution in [3.63, 3.8) is 0 Å². The summed E-state index contributed by atoms with van der Waals surface area (Å²) in [6.45, 7) is 2.71. The second-order valence-corrected chi connectivity index (χ2v) is 4.85. The van der Waals surface area contributed by atoms with Gasteiger partial charge in [-0.25, -0.2) is 4.79 Å². The van der Waals surface area contributed by atoms with Crippen LogP contribution in [0.4, 0.5) is 4.79 Å². The van der Waals surface area contributed by atoms with Crippen molar-refractivity contribution in [3.8, 4) is 0 Å². The lowest BCUT2D eigenvalue weighted by Gasteiger charge is -2.21. The molecule has 5 heteroatoms. The minimum absolute atomic E-state index is 0.0856. The van der Waals surface area contributed by atoms with Crippen molar-refractivity contribution in [1.82, 2.24) is 10.2 Å². The lowest BCUT2D eigenvalue weighted by atomic mass is 10.1. The van der Waals surface area contributed by atoms with E-state index in [1.54, 1.807) is 4.90 Å². The van der Waals surface area contributed by atoms with E-state index in [1.807, 2.05) is 37.3 Å². The van der Waals surface area contributed by atoms with Crippen LogP contribution in [0.1, 0.15) is 24.9 Å². The van der Waals surface area contributed by atoms with E-state index in [1.165, 1.54) is 0 Å². The average molecular weight is 262 g/mol. The Hall–Kier alpha value is -2.04. The number of aliphatic carboxylic acids is 1. The number of nitrogens with zero attached hydrogens (tertiary/aromatic N) is 1. The molecule has 102 valence electrons. The zero-order valence-electron chi connectivity index (χ0n) is 10.9. The number of amides is 2. The topological polar surface area (TPSA) is 69.6 Å². The molecule has 5 nitrogen and oxygen atoms in total. The molecule has 1 aromatic carbocycles. The predicted octanol–water partition coefficient (Wildman–Crippen LogP) is 1.86. The van der Waals surface area contributed by atoms with Gasteiger partial charge in [-0.2, -0.15) is 0 Å². The van der Waals surface area contributed by atoms with Gasteiger partial charge < -0.3 is 15.3 Å². The fraction of sp³-hybridized carbons (Fsp3) is 0.429. The van der Waals surface area contributed by atoms with Crippen LogP contribution in [0, 0.1) is 5.92 Å². The van der Waals surface area contributed by atoms with Crippen molar-refractivity contribution in [2.45, 2.75) is 19.4 Å². The Kier molecular flexibility index (Phi) is 4.04. The number of hydrogen-bond acceptors (Lipinski definition) is 2. The number of carbonyl (C=O) groups is 2. The standard InChI is InChI=1S/C14H18N2O3/c1-10(11-5-3-2-4-6-11)15-14(19)16-8-7-12(9-16)13(17)18/h2-6,10,12H,7-9H2,1H3,(H,15,19)(H,17,18). The number of nitrogens with one attached hydrogen (secondary N) is 1. The maximum absolute atomic E-state index is 12.0. The van der Waals surface area contributed by atoms with Crippen molar-refractivity contribution in [2.24, 2.45) is 5.92 Å². The third kappa shape index (κ3) is 3.24. The first-order valence-corrected chi connectivity index (χ1v) is 6.41. The van der Waals surface area contributed by atoms with Gasteiger partial charge in [0.15, 0.2) is 0 Å². The molecule has 2 atom stereocenters. The van der Waals surface area contributed by atoms with Crippen LogP contribution >= 0.6 is 0 Å². The van der Waals surface area contributed by atoms with E-state index in [0.29, 0.717) is 19.5 Å². The third-order valence-corrected chi connectivity index (χ3v) is 3.46. The Morgan fingerprint density at radius 2 is 2.05 bits per heavy atom. The molecule has 2 unspecified atom stereocenters. The minimum Gasteiger partial charge on any atom is -0.481 e. The second-order valence-electron chi connectivity index (χ2n) is 4.85. The molecule has 1 saturated heterocycles. The highest BCUT2D eigenvalue weighted by Crippen LogP contribution is 2.18. The summed E-state index contributed by atoms with van der Waals surface area (Å²) in [6.07, 6.45) is 0.530. The Labute approximate surface area is 112 Å². The summed E-state index contributed by atoms with van der Waals surface area (Å²) in [6, 6.07) is 9.40. The molecular formula is C14H18N2O3. The van der Waals surface area contributed by atoms with E-state index < -0.39 is 11.9 Å². The van der Waals surface area contributed by atoms with Gasteiger partial charge in [0.2, 0.25) is 0 Å². The zero-order chi connectivity index (χ0) is 13.8. The highest BCUT2D eigenvalue weighted by Gasteiger charge is 2.31. The molecule has 1 aliphatic heterocycles. The van der Waals surface area contributed by atoms with Crippen LogP contribution in [0.15, 0.2) is 30.3 Å². The minimum atomic E-state index is -0.827. The lowest BCUT2D eigenvalue weighted by molar-refractivity contribution is -0.141. The van der Waals surface area contributed by atoms with Gasteiger partial charge in [0.1, 0.15) is 0 Å². The van der Waals surface area contributed by atoms with Crippen molar-refractivity contribution in [1.29, 1.82) is 0 Å². The van der Waals surface area contributed by atoms with E-state index in [9.17, 15) is 9.59 Å². The zero-order valence-corrected chi connectivity index (χ0v) is 10.9. The molecule has 0 radical (unpaired) electrons. The van der Waals surface area contributed by atoms with Gasteiger partial charge in [0.25, 0.3) is 0 Å². The van der Waals surface area contributed by atoms with Crippen LogP contribution in [-0.4, -0.2) is 35.1 Å². The number of hydrogen-bond donors (Lipinski definition) is 2. The fourth-order valence-corrected chi connectivity index (χ4v) is 2.25. The van der Waals surface area contributed by atoms with Gasteiger partial charge in [0, 0.05) is 13.1 Å². The Balaban J connectivity index is 1.90. The molecule has 1 aliphatic rings. The lowest BCUT2D eigenvalue weighted by Crippen LogP contribution is -2.40. The van der Waals surface area contributed by atoms with E-state index in [-0.39, 0.29) is 12.1 Å². The van der Waals surface area contributed by atoms with Gasteiger partial charge >= 0.3 is 12.0 Å². The first-order valence-electron chi connectivity index (χ1n) is 6.41. The van der Waals surface area contributed by atoms with Crippen LogP contribution in [0.5, 0.6) is 0 Å². The molecular weight excluding hydrogens is 244 g/mol. The SMILES string of the molecule is CC(NC(=O)N1CCC(C(=O)O)C1)c1ccccc1. The first kappa shape index (κ1) is 13.4. The molecule has 1 heterocycles. The summed E-state index contributed by atoms with van der Waals surface area (Å²) in [4.78, 5) is 24.4. The van der Waals surface area contributed by atoms with Crippen molar-refractivity contribution in [2.75, 3.05) is 13.1 Å². The van der Waals surface area contributed by atoms with E-state index in [4.69, 9.17) is 5.11 Å². The average Bonchev–Trinajstić information content (AvgIpc) is 2.89. The molecule has 2 rings (SSSR count). The smallest absolute Gasteiger partial charge is 0.317 e.